The molecule has 0 saturated heterocycles. The van der Waals surface area contributed by atoms with Crippen LogP contribution in [0.25, 0.3) is 0 Å². The molecule has 16 heavy (non-hydrogen) atoms. The maximum atomic E-state index is 11.8. The first-order valence-electron chi connectivity index (χ1n) is 5.00. The molecule has 0 aliphatic carbocycles. The highest BCUT2D eigenvalue weighted by Crippen LogP contribution is 2.26. The van der Waals surface area contributed by atoms with E-state index >= 15 is 0 Å². The Morgan fingerprint density at radius 2 is 2.19 bits per heavy atom. The van der Waals surface area contributed by atoms with E-state index in [-0.39, 0.29) is 11.8 Å². The van der Waals surface area contributed by atoms with Gasteiger partial charge in [0.2, 0.25) is 5.91 Å². The van der Waals surface area contributed by atoms with Crippen molar-refractivity contribution in [2.24, 2.45) is 11.7 Å². The lowest BCUT2D eigenvalue weighted by molar-refractivity contribution is -0.119. The molecule has 3 N–H and O–H groups in total. The highest BCUT2D eigenvalue weighted by atomic mass is 79.9. The Kier molecular flexibility index (Phi) is 5.44. The summed E-state index contributed by atoms with van der Waals surface area (Å²) >= 11 is 6.75. The van der Waals surface area contributed by atoms with Gasteiger partial charge >= 0.3 is 0 Å². The van der Waals surface area contributed by atoms with Crippen LogP contribution in [0.15, 0.2) is 27.1 Å². The fraction of sp³-hybridized carbons (Fsp3) is 0.364. The van der Waals surface area contributed by atoms with Crippen LogP contribution >= 0.6 is 31.9 Å². The molecule has 88 valence electrons. The number of nitrogens with one attached hydrogen (secondary N) is 1. The molecule has 0 aliphatic heterocycles. The predicted molar refractivity (Wildman–Crippen MR) is 73.3 cm³/mol. The molecular weight excluding hydrogens is 336 g/mol. The van der Waals surface area contributed by atoms with E-state index in [1.165, 1.54) is 0 Å². The number of hydrogen-bond donors (Lipinski definition) is 2. The van der Waals surface area contributed by atoms with Crippen molar-refractivity contribution >= 4 is 43.5 Å². The summed E-state index contributed by atoms with van der Waals surface area (Å²) in [4.78, 5) is 11.8. The van der Waals surface area contributed by atoms with Crippen LogP contribution in [0.1, 0.15) is 13.3 Å². The molecule has 5 heteroatoms. The number of hydrogen-bond acceptors (Lipinski definition) is 2. The highest BCUT2D eigenvalue weighted by molar-refractivity contribution is 9.11. The topological polar surface area (TPSA) is 55.1 Å². The van der Waals surface area contributed by atoms with E-state index in [0.29, 0.717) is 13.0 Å². The zero-order valence-corrected chi connectivity index (χ0v) is 12.1. The van der Waals surface area contributed by atoms with Gasteiger partial charge in [-0.05, 0) is 47.1 Å². The Balaban J connectivity index is 2.72. The lowest BCUT2D eigenvalue weighted by Gasteiger charge is -2.12. The normalized spacial score (nSPS) is 12.2. The molecule has 1 aromatic rings. The zero-order chi connectivity index (χ0) is 12.1. The van der Waals surface area contributed by atoms with Gasteiger partial charge in [0.05, 0.1) is 5.69 Å². The second kappa shape index (κ2) is 6.37. The Morgan fingerprint density at radius 3 is 2.81 bits per heavy atom. The van der Waals surface area contributed by atoms with E-state index in [9.17, 15) is 4.79 Å². The molecule has 0 saturated carbocycles. The summed E-state index contributed by atoms with van der Waals surface area (Å²) in [5.41, 5.74) is 6.18. The van der Waals surface area contributed by atoms with Crippen LogP contribution in [0.3, 0.4) is 0 Å². The smallest absolute Gasteiger partial charge is 0.227 e. The minimum atomic E-state index is -0.0733. The van der Waals surface area contributed by atoms with Crippen molar-refractivity contribution in [3.8, 4) is 0 Å². The summed E-state index contributed by atoms with van der Waals surface area (Å²) in [5, 5.41) is 2.86. The van der Waals surface area contributed by atoms with Gasteiger partial charge in [0.1, 0.15) is 0 Å². The van der Waals surface area contributed by atoms with E-state index in [1.54, 1.807) is 0 Å². The average molecular weight is 350 g/mol. The van der Waals surface area contributed by atoms with Crippen LogP contribution in [-0.2, 0) is 4.79 Å². The maximum Gasteiger partial charge on any atom is 0.227 e. The first-order valence-corrected chi connectivity index (χ1v) is 6.59. The third-order valence-electron chi connectivity index (χ3n) is 2.23. The monoisotopic (exact) mass is 348 g/mol. The molecule has 1 rings (SSSR count). The van der Waals surface area contributed by atoms with Crippen molar-refractivity contribution in [2.45, 2.75) is 13.3 Å². The van der Waals surface area contributed by atoms with Crippen LogP contribution < -0.4 is 11.1 Å². The van der Waals surface area contributed by atoms with Crippen molar-refractivity contribution in [1.82, 2.24) is 0 Å². The van der Waals surface area contributed by atoms with Crippen LogP contribution in [0.5, 0.6) is 0 Å². The highest BCUT2D eigenvalue weighted by Gasteiger charge is 2.13. The Morgan fingerprint density at radius 1 is 1.50 bits per heavy atom. The van der Waals surface area contributed by atoms with Crippen molar-refractivity contribution in [3.05, 3.63) is 27.1 Å². The van der Waals surface area contributed by atoms with Gasteiger partial charge in [-0.15, -0.1) is 0 Å². The molecule has 3 nitrogen and oxygen atoms in total. The minimum Gasteiger partial charge on any atom is -0.330 e. The number of carbonyl (C=O) groups is 1. The molecule has 1 aromatic carbocycles. The average Bonchev–Trinajstić information content (AvgIpc) is 2.23. The third kappa shape index (κ3) is 3.88. The molecule has 1 unspecified atom stereocenters. The Hall–Kier alpha value is -0.390. The lowest BCUT2D eigenvalue weighted by atomic mass is 10.1. The molecule has 1 amide bonds. The van der Waals surface area contributed by atoms with E-state index in [0.717, 1.165) is 14.6 Å². The van der Waals surface area contributed by atoms with Crippen LogP contribution in [0.4, 0.5) is 5.69 Å². The molecule has 0 spiro atoms. The van der Waals surface area contributed by atoms with Crippen molar-refractivity contribution in [2.75, 3.05) is 11.9 Å². The second-order valence-electron chi connectivity index (χ2n) is 3.59. The second-order valence-corrected chi connectivity index (χ2v) is 5.36. The summed E-state index contributed by atoms with van der Waals surface area (Å²) in [7, 11) is 0. The molecule has 0 bridgehead atoms. The number of benzene rings is 1. The Labute approximate surface area is 112 Å². The van der Waals surface area contributed by atoms with Crippen LogP contribution in [0.2, 0.25) is 0 Å². The SMILES string of the molecule is CC(CCN)C(=O)Nc1cc(Br)ccc1Br. The number of rotatable bonds is 4. The van der Waals surface area contributed by atoms with E-state index in [1.807, 2.05) is 25.1 Å². The lowest BCUT2D eigenvalue weighted by Crippen LogP contribution is -2.22. The number of nitrogens with two attached hydrogens (primary N) is 1. The summed E-state index contributed by atoms with van der Waals surface area (Å²) in [5.74, 6) is -0.0832. The van der Waals surface area contributed by atoms with Gasteiger partial charge in [0.25, 0.3) is 0 Å². The number of carbonyl (C=O) groups excluding carboxylic acids is 1. The fourth-order valence-corrected chi connectivity index (χ4v) is 1.94. The van der Waals surface area contributed by atoms with Crippen molar-refractivity contribution in [3.63, 3.8) is 0 Å². The number of amides is 1. The zero-order valence-electron chi connectivity index (χ0n) is 8.97. The summed E-state index contributed by atoms with van der Waals surface area (Å²) in [6.07, 6.45) is 0.692. The summed E-state index contributed by atoms with van der Waals surface area (Å²) < 4.78 is 1.79. The van der Waals surface area contributed by atoms with Gasteiger partial charge in [-0.25, -0.2) is 0 Å². The van der Waals surface area contributed by atoms with Gasteiger partial charge in [0.15, 0.2) is 0 Å². The fourth-order valence-electron chi connectivity index (χ4n) is 1.23. The Bertz CT molecular complexity index is 382. The molecule has 0 aromatic heterocycles. The van der Waals surface area contributed by atoms with Gasteiger partial charge in [-0.2, -0.15) is 0 Å². The molecule has 0 heterocycles. The molecule has 0 radical (unpaired) electrons. The molecule has 0 fully saturated rings. The summed E-state index contributed by atoms with van der Waals surface area (Å²) in [6.45, 7) is 2.39. The number of anilines is 1. The third-order valence-corrected chi connectivity index (χ3v) is 3.42. The first-order chi connectivity index (χ1) is 7.54. The first kappa shape index (κ1) is 13.7. The largest absolute Gasteiger partial charge is 0.330 e. The van der Waals surface area contributed by atoms with Crippen LogP contribution in [-0.4, -0.2) is 12.5 Å². The molecule has 1 atom stereocenters. The van der Waals surface area contributed by atoms with E-state index < -0.39 is 0 Å². The molecule has 0 aliphatic rings. The van der Waals surface area contributed by atoms with E-state index in [2.05, 4.69) is 37.2 Å². The quantitative estimate of drug-likeness (QED) is 0.877. The summed E-state index contributed by atoms with van der Waals surface area (Å²) in [6, 6.07) is 5.65. The van der Waals surface area contributed by atoms with Crippen molar-refractivity contribution in [1.29, 1.82) is 0 Å². The van der Waals surface area contributed by atoms with Gasteiger partial charge in [-0.3, -0.25) is 4.79 Å². The van der Waals surface area contributed by atoms with Gasteiger partial charge in [0, 0.05) is 14.9 Å². The number of halogens is 2. The van der Waals surface area contributed by atoms with Gasteiger partial charge < -0.3 is 11.1 Å². The standard InChI is InChI=1S/C11H14Br2N2O/c1-7(4-5-14)11(16)15-10-6-8(12)2-3-9(10)13/h2-3,6-7H,4-5,14H2,1H3,(H,15,16). The van der Waals surface area contributed by atoms with Crippen LogP contribution in [0, 0.1) is 5.92 Å². The molecular formula is C11H14Br2N2O. The van der Waals surface area contributed by atoms with E-state index in [4.69, 9.17) is 5.73 Å². The predicted octanol–water partition coefficient (Wildman–Crippen LogP) is 3.14. The van der Waals surface area contributed by atoms with Gasteiger partial charge in [-0.1, -0.05) is 22.9 Å². The van der Waals surface area contributed by atoms with Crippen molar-refractivity contribution < 1.29 is 4.79 Å². The maximum absolute atomic E-state index is 11.8. The minimum absolute atomic E-state index is 0.00995.